The van der Waals surface area contributed by atoms with Gasteiger partial charge in [-0.05, 0) is 25.3 Å². The summed E-state index contributed by atoms with van der Waals surface area (Å²) in [7, 11) is 0. The molecule has 1 atom stereocenters. The quantitative estimate of drug-likeness (QED) is 0.193. The van der Waals surface area contributed by atoms with Crippen molar-refractivity contribution < 1.29 is 4.52 Å². The Bertz CT molecular complexity index is 1040. The summed E-state index contributed by atoms with van der Waals surface area (Å²) in [6, 6.07) is 8.35. The average molecular weight is 451 g/mol. The third-order valence-electron chi connectivity index (χ3n) is 6.82. The van der Waals surface area contributed by atoms with E-state index >= 15 is 0 Å². The van der Waals surface area contributed by atoms with Gasteiger partial charge in [-0.3, -0.25) is 5.41 Å². The summed E-state index contributed by atoms with van der Waals surface area (Å²) in [5, 5.41) is 13.3. The predicted octanol–water partition coefficient (Wildman–Crippen LogP) is 6.25. The second-order valence-corrected chi connectivity index (χ2v) is 9.27. The molecule has 33 heavy (non-hydrogen) atoms. The van der Waals surface area contributed by atoms with E-state index in [2.05, 4.69) is 47.1 Å². The normalized spacial score (nSPS) is 16.2. The zero-order valence-electron chi connectivity index (χ0n) is 19.9. The minimum atomic E-state index is -0.0981. The van der Waals surface area contributed by atoms with Crippen LogP contribution in [0.3, 0.4) is 0 Å². The molecule has 1 aromatic carbocycles. The second kappa shape index (κ2) is 11.3. The van der Waals surface area contributed by atoms with E-state index in [-0.39, 0.29) is 12.0 Å². The standard InChI is InChI=1S/C26H38N6O/c1-2-3-4-5-6-7-8-9-12-17-31-19-21(20-14-10-11-15-22(20)31)24-29-25(33-30-24)23-16-13-18-32(23)26(27)28/h10-11,14-15,19,23H,2-9,12-13,16-18H2,1H3,(H3,27,28)/t23-/m0/s1. The van der Waals surface area contributed by atoms with Gasteiger partial charge in [-0.25, -0.2) is 0 Å². The van der Waals surface area contributed by atoms with Crippen molar-refractivity contribution in [1.29, 1.82) is 5.41 Å². The summed E-state index contributed by atoms with van der Waals surface area (Å²) >= 11 is 0. The zero-order valence-corrected chi connectivity index (χ0v) is 19.9. The lowest BCUT2D eigenvalue weighted by Crippen LogP contribution is -2.35. The van der Waals surface area contributed by atoms with Crippen LogP contribution in [0.2, 0.25) is 0 Å². The summed E-state index contributed by atoms with van der Waals surface area (Å²) < 4.78 is 7.97. The maximum absolute atomic E-state index is 7.81. The number of unbranched alkanes of at least 4 members (excludes halogenated alkanes) is 8. The summed E-state index contributed by atoms with van der Waals surface area (Å²) in [6.45, 7) is 4.03. The van der Waals surface area contributed by atoms with E-state index < -0.39 is 0 Å². The minimum Gasteiger partial charge on any atom is -0.370 e. The Morgan fingerprint density at radius 1 is 1.09 bits per heavy atom. The Labute approximate surface area is 196 Å². The molecule has 1 aliphatic heterocycles. The van der Waals surface area contributed by atoms with Gasteiger partial charge in [0.1, 0.15) is 6.04 Å². The number of nitrogens with one attached hydrogen (secondary N) is 1. The number of benzene rings is 1. The number of likely N-dealkylation sites (tertiary alicyclic amines) is 1. The SMILES string of the molecule is CCCCCCCCCCCn1cc(-c2noc([C@@H]3CCCN3C(=N)N)n2)c2ccccc21. The highest BCUT2D eigenvalue weighted by molar-refractivity contribution is 5.94. The van der Waals surface area contributed by atoms with Crippen LogP contribution in [-0.4, -0.2) is 32.1 Å². The van der Waals surface area contributed by atoms with Crippen molar-refractivity contribution in [3.63, 3.8) is 0 Å². The first-order chi connectivity index (χ1) is 16.2. The fourth-order valence-electron chi connectivity index (χ4n) is 4.99. The molecular formula is C26H38N6O. The van der Waals surface area contributed by atoms with Crippen LogP contribution >= 0.6 is 0 Å². The number of aromatic nitrogens is 3. The first-order valence-electron chi connectivity index (χ1n) is 12.7. The molecule has 3 N–H and O–H groups in total. The Kier molecular flexibility index (Phi) is 8.02. The molecule has 3 heterocycles. The summed E-state index contributed by atoms with van der Waals surface area (Å²) in [6.07, 6.45) is 16.0. The number of nitrogens with zero attached hydrogens (tertiary/aromatic N) is 4. The first kappa shape index (κ1) is 23.3. The highest BCUT2D eigenvalue weighted by atomic mass is 16.5. The Morgan fingerprint density at radius 2 is 1.82 bits per heavy atom. The van der Waals surface area contributed by atoms with Gasteiger partial charge in [0.25, 0.3) is 0 Å². The molecule has 1 aliphatic rings. The molecule has 0 aliphatic carbocycles. The monoisotopic (exact) mass is 450 g/mol. The molecule has 4 rings (SSSR count). The summed E-state index contributed by atoms with van der Waals surface area (Å²) in [4.78, 5) is 6.56. The van der Waals surface area contributed by atoms with Crippen molar-refractivity contribution in [2.24, 2.45) is 5.73 Å². The first-order valence-corrected chi connectivity index (χ1v) is 12.7. The van der Waals surface area contributed by atoms with E-state index in [1.54, 1.807) is 0 Å². The number of para-hydroxylation sites is 1. The van der Waals surface area contributed by atoms with Gasteiger partial charge < -0.3 is 19.7 Å². The highest BCUT2D eigenvalue weighted by Crippen LogP contribution is 2.34. The van der Waals surface area contributed by atoms with Gasteiger partial charge in [0.15, 0.2) is 5.96 Å². The fraction of sp³-hybridized carbons (Fsp3) is 0.577. The molecule has 0 saturated carbocycles. The number of rotatable bonds is 12. The molecule has 0 radical (unpaired) electrons. The molecule has 0 amide bonds. The number of guanidine groups is 1. The Hall–Kier alpha value is -2.83. The number of hydrogen-bond acceptors (Lipinski definition) is 4. The Morgan fingerprint density at radius 3 is 2.58 bits per heavy atom. The maximum atomic E-state index is 7.81. The summed E-state index contributed by atoms with van der Waals surface area (Å²) in [5.41, 5.74) is 7.96. The third kappa shape index (κ3) is 5.57. The number of nitrogens with two attached hydrogens (primary N) is 1. The molecule has 7 heteroatoms. The van der Waals surface area contributed by atoms with E-state index in [1.165, 1.54) is 63.3 Å². The van der Waals surface area contributed by atoms with Gasteiger partial charge in [0.05, 0.1) is 0 Å². The lowest BCUT2D eigenvalue weighted by molar-refractivity contribution is 0.283. The van der Waals surface area contributed by atoms with Crippen molar-refractivity contribution in [2.75, 3.05) is 6.54 Å². The molecule has 3 aromatic rings. The number of aryl methyl sites for hydroxylation is 1. The van der Waals surface area contributed by atoms with Crippen LogP contribution in [0.25, 0.3) is 22.3 Å². The van der Waals surface area contributed by atoms with Crippen molar-refractivity contribution in [1.82, 2.24) is 19.6 Å². The van der Waals surface area contributed by atoms with E-state index in [4.69, 9.17) is 20.7 Å². The molecule has 2 aromatic heterocycles. The van der Waals surface area contributed by atoms with Crippen LogP contribution in [0, 0.1) is 5.41 Å². The van der Waals surface area contributed by atoms with Crippen LogP contribution in [0.4, 0.5) is 0 Å². The van der Waals surface area contributed by atoms with Crippen molar-refractivity contribution in [2.45, 2.75) is 90.1 Å². The minimum absolute atomic E-state index is 0.0646. The molecule has 1 saturated heterocycles. The molecule has 7 nitrogen and oxygen atoms in total. The third-order valence-corrected chi connectivity index (χ3v) is 6.82. The molecular weight excluding hydrogens is 412 g/mol. The highest BCUT2D eigenvalue weighted by Gasteiger charge is 2.32. The molecule has 1 fully saturated rings. The van der Waals surface area contributed by atoms with Gasteiger partial charge in [-0.1, -0.05) is 81.6 Å². The molecule has 178 valence electrons. The zero-order chi connectivity index (χ0) is 23.0. The van der Waals surface area contributed by atoms with Gasteiger partial charge in [-0.2, -0.15) is 4.98 Å². The molecule has 0 spiro atoms. The largest absolute Gasteiger partial charge is 0.370 e. The fourth-order valence-corrected chi connectivity index (χ4v) is 4.99. The lowest BCUT2D eigenvalue weighted by atomic mass is 10.1. The van der Waals surface area contributed by atoms with Crippen molar-refractivity contribution in [3.8, 4) is 11.4 Å². The van der Waals surface area contributed by atoms with E-state index in [0.717, 1.165) is 36.9 Å². The van der Waals surface area contributed by atoms with Gasteiger partial charge in [-0.15, -0.1) is 0 Å². The van der Waals surface area contributed by atoms with Gasteiger partial charge >= 0.3 is 0 Å². The lowest BCUT2D eigenvalue weighted by Gasteiger charge is -2.21. The smallest absolute Gasteiger partial charge is 0.249 e. The van der Waals surface area contributed by atoms with E-state index in [1.807, 2.05) is 4.90 Å². The maximum Gasteiger partial charge on any atom is 0.249 e. The second-order valence-electron chi connectivity index (χ2n) is 9.27. The van der Waals surface area contributed by atoms with Crippen LogP contribution in [-0.2, 0) is 6.54 Å². The van der Waals surface area contributed by atoms with Gasteiger partial charge in [0.2, 0.25) is 11.7 Å². The van der Waals surface area contributed by atoms with E-state index in [0.29, 0.717) is 11.7 Å². The Balaban J connectivity index is 1.40. The predicted molar refractivity (Wildman–Crippen MR) is 133 cm³/mol. The van der Waals surface area contributed by atoms with Crippen LogP contribution < -0.4 is 5.73 Å². The van der Waals surface area contributed by atoms with E-state index in [9.17, 15) is 0 Å². The van der Waals surface area contributed by atoms with Crippen LogP contribution in [0.5, 0.6) is 0 Å². The van der Waals surface area contributed by atoms with Crippen LogP contribution in [0.1, 0.15) is 89.5 Å². The van der Waals surface area contributed by atoms with Gasteiger partial charge in [0, 0.05) is 35.8 Å². The van der Waals surface area contributed by atoms with Crippen molar-refractivity contribution in [3.05, 3.63) is 36.4 Å². The number of fused-ring (bicyclic) bond motifs is 1. The molecule has 0 bridgehead atoms. The summed E-state index contributed by atoms with van der Waals surface area (Å²) in [5.74, 6) is 1.23. The number of hydrogen-bond donors (Lipinski definition) is 2. The molecule has 0 unspecified atom stereocenters. The van der Waals surface area contributed by atoms with Crippen LogP contribution in [0.15, 0.2) is 35.0 Å². The average Bonchev–Trinajstić information content (AvgIpc) is 3.56. The topological polar surface area (TPSA) is 97.0 Å². The van der Waals surface area contributed by atoms with Crippen molar-refractivity contribution >= 4 is 16.9 Å².